The average molecular weight is 283 g/mol. The van der Waals surface area contributed by atoms with Crippen LogP contribution in [0.4, 0.5) is 5.69 Å². The zero-order valence-corrected chi connectivity index (χ0v) is 11.5. The summed E-state index contributed by atoms with van der Waals surface area (Å²) in [6.45, 7) is 7.84. The van der Waals surface area contributed by atoms with Crippen molar-refractivity contribution in [3.8, 4) is 0 Å². The molecule has 1 aliphatic heterocycles. The second kappa shape index (κ2) is 5.19. The first-order chi connectivity index (χ1) is 7.68. The van der Waals surface area contributed by atoms with Gasteiger partial charge >= 0.3 is 0 Å². The molecule has 1 unspecified atom stereocenters. The number of nitrogens with one attached hydrogen (secondary N) is 1. The topological polar surface area (TPSA) is 15.3 Å². The number of halogens is 1. The zero-order valence-electron chi connectivity index (χ0n) is 9.96. The first kappa shape index (κ1) is 11.9. The van der Waals surface area contributed by atoms with Crippen molar-refractivity contribution >= 4 is 21.6 Å². The minimum absolute atomic E-state index is 0.572. The Morgan fingerprint density at radius 3 is 3.00 bits per heavy atom. The maximum atomic E-state index is 3.52. The van der Waals surface area contributed by atoms with Crippen molar-refractivity contribution in [2.45, 2.75) is 26.3 Å². The fraction of sp³-hybridized carbons (Fsp3) is 0.538. The zero-order chi connectivity index (χ0) is 11.5. The Bertz CT molecular complexity index is 365. The fourth-order valence-electron chi connectivity index (χ4n) is 2.31. The third-order valence-electron chi connectivity index (χ3n) is 3.19. The molecule has 0 amide bonds. The number of hydrogen-bond acceptors (Lipinski definition) is 2. The summed E-state index contributed by atoms with van der Waals surface area (Å²) in [6.07, 6.45) is 1.22. The molecular formula is C13H19BrN2. The lowest BCUT2D eigenvalue weighted by Gasteiger charge is -2.30. The van der Waals surface area contributed by atoms with Crippen LogP contribution in [0.3, 0.4) is 0 Å². The summed E-state index contributed by atoms with van der Waals surface area (Å²) in [5.74, 6) is 0. The van der Waals surface area contributed by atoms with Crippen molar-refractivity contribution in [1.29, 1.82) is 0 Å². The van der Waals surface area contributed by atoms with Crippen molar-refractivity contribution in [3.05, 3.63) is 28.2 Å². The second-order valence-corrected chi connectivity index (χ2v) is 5.45. The van der Waals surface area contributed by atoms with Gasteiger partial charge in [0.25, 0.3) is 0 Å². The maximum absolute atomic E-state index is 3.52. The van der Waals surface area contributed by atoms with E-state index in [1.165, 1.54) is 17.7 Å². The molecule has 0 aliphatic carbocycles. The average Bonchev–Trinajstić information content (AvgIpc) is 2.44. The van der Waals surface area contributed by atoms with Crippen LogP contribution >= 0.6 is 15.9 Å². The first-order valence-electron chi connectivity index (χ1n) is 5.92. The molecule has 1 fully saturated rings. The third kappa shape index (κ3) is 2.58. The summed E-state index contributed by atoms with van der Waals surface area (Å²) < 4.78 is 1.16. The van der Waals surface area contributed by atoms with Gasteiger partial charge in [0.15, 0.2) is 0 Å². The highest BCUT2D eigenvalue weighted by atomic mass is 79.9. The summed E-state index contributed by atoms with van der Waals surface area (Å²) >= 11 is 3.52. The van der Waals surface area contributed by atoms with Crippen LogP contribution in [0.1, 0.15) is 18.9 Å². The van der Waals surface area contributed by atoms with Crippen LogP contribution in [-0.4, -0.2) is 25.7 Å². The van der Waals surface area contributed by atoms with E-state index in [4.69, 9.17) is 0 Å². The molecule has 0 saturated carbocycles. The lowest BCUT2D eigenvalue weighted by Crippen LogP contribution is -2.37. The van der Waals surface area contributed by atoms with E-state index in [1.807, 2.05) is 0 Å². The molecule has 3 heteroatoms. The van der Waals surface area contributed by atoms with Crippen LogP contribution in [0.5, 0.6) is 0 Å². The largest absolute Gasteiger partial charge is 0.367 e. The first-order valence-corrected chi connectivity index (χ1v) is 6.71. The molecule has 0 bridgehead atoms. The molecule has 0 radical (unpaired) electrons. The van der Waals surface area contributed by atoms with Gasteiger partial charge in [0, 0.05) is 29.3 Å². The van der Waals surface area contributed by atoms with Crippen LogP contribution < -0.4 is 10.2 Å². The summed E-state index contributed by atoms with van der Waals surface area (Å²) in [7, 11) is 0. The van der Waals surface area contributed by atoms with Crippen molar-refractivity contribution in [3.63, 3.8) is 0 Å². The Morgan fingerprint density at radius 1 is 1.44 bits per heavy atom. The van der Waals surface area contributed by atoms with Crippen molar-refractivity contribution in [2.24, 2.45) is 0 Å². The van der Waals surface area contributed by atoms with Crippen molar-refractivity contribution < 1.29 is 0 Å². The lowest BCUT2D eigenvalue weighted by atomic mass is 10.1. The minimum Gasteiger partial charge on any atom is -0.367 e. The molecule has 1 aromatic rings. The molecule has 1 aromatic carbocycles. The highest BCUT2D eigenvalue weighted by Gasteiger charge is 2.18. The molecule has 1 saturated heterocycles. The Labute approximate surface area is 106 Å². The van der Waals surface area contributed by atoms with E-state index in [0.717, 1.165) is 24.1 Å². The van der Waals surface area contributed by atoms with Gasteiger partial charge in [-0.25, -0.2) is 0 Å². The SMILES string of the molecule is Cc1cc(Br)ccc1N1CCCNCC1C. The third-order valence-corrected chi connectivity index (χ3v) is 3.69. The Hall–Kier alpha value is -0.540. The van der Waals surface area contributed by atoms with Gasteiger partial charge in [-0.15, -0.1) is 0 Å². The van der Waals surface area contributed by atoms with E-state index in [0.29, 0.717) is 6.04 Å². The van der Waals surface area contributed by atoms with Gasteiger partial charge in [0.05, 0.1) is 0 Å². The molecule has 1 atom stereocenters. The summed E-state index contributed by atoms with van der Waals surface area (Å²) in [4.78, 5) is 2.52. The predicted octanol–water partition coefficient (Wildman–Crippen LogP) is 2.95. The van der Waals surface area contributed by atoms with Crippen LogP contribution in [0.15, 0.2) is 22.7 Å². The van der Waals surface area contributed by atoms with Gasteiger partial charge in [-0.05, 0) is 50.6 Å². The fourth-order valence-corrected chi connectivity index (χ4v) is 2.79. The molecule has 2 rings (SSSR count). The minimum atomic E-state index is 0.572. The Morgan fingerprint density at radius 2 is 2.25 bits per heavy atom. The Kier molecular flexibility index (Phi) is 3.87. The molecule has 2 nitrogen and oxygen atoms in total. The number of aryl methyl sites for hydroxylation is 1. The molecule has 0 aromatic heterocycles. The molecule has 16 heavy (non-hydrogen) atoms. The summed E-state index contributed by atoms with van der Waals surface area (Å²) in [6, 6.07) is 7.12. The molecule has 0 spiro atoms. The van der Waals surface area contributed by atoms with Crippen molar-refractivity contribution in [2.75, 3.05) is 24.5 Å². The number of rotatable bonds is 1. The molecule has 1 heterocycles. The number of nitrogens with zero attached hydrogens (tertiary/aromatic N) is 1. The van der Waals surface area contributed by atoms with Crippen LogP contribution in [-0.2, 0) is 0 Å². The van der Waals surface area contributed by atoms with E-state index in [-0.39, 0.29) is 0 Å². The highest BCUT2D eigenvalue weighted by molar-refractivity contribution is 9.10. The lowest BCUT2D eigenvalue weighted by molar-refractivity contribution is 0.629. The monoisotopic (exact) mass is 282 g/mol. The number of hydrogen-bond donors (Lipinski definition) is 1. The standard InChI is InChI=1S/C13H19BrN2/c1-10-8-12(14)4-5-13(10)16-7-3-6-15-9-11(16)2/h4-5,8,11,15H,3,6-7,9H2,1-2H3. The Balaban J connectivity index is 2.27. The number of anilines is 1. The van der Waals surface area contributed by atoms with Crippen LogP contribution in [0.25, 0.3) is 0 Å². The highest BCUT2D eigenvalue weighted by Crippen LogP contribution is 2.26. The van der Waals surface area contributed by atoms with Crippen LogP contribution in [0.2, 0.25) is 0 Å². The molecular weight excluding hydrogens is 264 g/mol. The van der Waals surface area contributed by atoms with E-state index >= 15 is 0 Å². The van der Waals surface area contributed by atoms with E-state index in [1.54, 1.807) is 0 Å². The molecule has 88 valence electrons. The molecule has 1 N–H and O–H groups in total. The maximum Gasteiger partial charge on any atom is 0.0399 e. The van der Waals surface area contributed by atoms with Gasteiger partial charge in [0.2, 0.25) is 0 Å². The normalized spacial score (nSPS) is 21.9. The second-order valence-electron chi connectivity index (χ2n) is 4.53. The van der Waals surface area contributed by atoms with E-state index in [2.05, 4.69) is 58.2 Å². The predicted molar refractivity (Wildman–Crippen MR) is 73.2 cm³/mol. The summed E-state index contributed by atoms with van der Waals surface area (Å²) in [5, 5.41) is 3.48. The van der Waals surface area contributed by atoms with Gasteiger partial charge in [-0.3, -0.25) is 0 Å². The van der Waals surface area contributed by atoms with Crippen molar-refractivity contribution in [1.82, 2.24) is 5.32 Å². The summed E-state index contributed by atoms with van der Waals surface area (Å²) in [5.41, 5.74) is 2.72. The van der Waals surface area contributed by atoms with Crippen LogP contribution in [0, 0.1) is 6.92 Å². The van der Waals surface area contributed by atoms with E-state index in [9.17, 15) is 0 Å². The molecule has 1 aliphatic rings. The van der Waals surface area contributed by atoms with Gasteiger partial charge in [-0.1, -0.05) is 15.9 Å². The smallest absolute Gasteiger partial charge is 0.0399 e. The van der Waals surface area contributed by atoms with E-state index < -0.39 is 0 Å². The van der Waals surface area contributed by atoms with Gasteiger partial charge < -0.3 is 10.2 Å². The number of benzene rings is 1. The van der Waals surface area contributed by atoms with Gasteiger partial charge in [0.1, 0.15) is 0 Å². The quantitative estimate of drug-likeness (QED) is 0.852. The van der Waals surface area contributed by atoms with Gasteiger partial charge in [-0.2, -0.15) is 0 Å².